The molecule has 17 heavy (non-hydrogen) atoms. The second-order valence-corrected chi connectivity index (χ2v) is 5.17. The van der Waals surface area contributed by atoms with E-state index in [1.54, 1.807) is 0 Å². The summed E-state index contributed by atoms with van der Waals surface area (Å²) in [6.07, 6.45) is 5.24. The summed E-state index contributed by atoms with van der Waals surface area (Å²) in [5, 5.41) is 0. The molecular formula is C13H22N4. The van der Waals surface area contributed by atoms with Crippen molar-refractivity contribution >= 4 is 11.8 Å². The third-order valence-electron chi connectivity index (χ3n) is 3.78. The molecular weight excluding hydrogens is 212 g/mol. The minimum Gasteiger partial charge on any atom is -0.368 e. The lowest BCUT2D eigenvalue weighted by molar-refractivity contribution is 0.320. The number of aromatic nitrogens is 2. The molecule has 0 bridgehead atoms. The van der Waals surface area contributed by atoms with Crippen molar-refractivity contribution in [3.05, 3.63) is 11.8 Å². The molecule has 1 heterocycles. The zero-order chi connectivity index (χ0) is 12.4. The van der Waals surface area contributed by atoms with E-state index in [9.17, 15) is 0 Å². The molecule has 0 spiro atoms. The minimum atomic E-state index is 0.371. The van der Waals surface area contributed by atoms with Gasteiger partial charge in [-0.2, -0.15) is 4.98 Å². The van der Waals surface area contributed by atoms with Crippen LogP contribution in [0.5, 0.6) is 0 Å². The van der Waals surface area contributed by atoms with Crippen LogP contribution in [0.4, 0.5) is 11.8 Å². The SMILES string of the molecule is Cc1cc(N(C)C2CCCCC2C)nc(N)n1. The predicted molar refractivity (Wildman–Crippen MR) is 71.0 cm³/mol. The van der Waals surface area contributed by atoms with E-state index in [0.717, 1.165) is 17.4 Å². The average molecular weight is 234 g/mol. The van der Waals surface area contributed by atoms with Gasteiger partial charge >= 0.3 is 0 Å². The van der Waals surface area contributed by atoms with Gasteiger partial charge in [-0.05, 0) is 25.7 Å². The first-order valence-electron chi connectivity index (χ1n) is 6.42. The molecule has 0 radical (unpaired) electrons. The number of nitrogens with zero attached hydrogens (tertiary/aromatic N) is 3. The third kappa shape index (κ3) is 2.68. The summed E-state index contributed by atoms with van der Waals surface area (Å²) in [5.41, 5.74) is 6.65. The highest BCUT2D eigenvalue weighted by Crippen LogP contribution is 2.29. The number of hydrogen-bond acceptors (Lipinski definition) is 4. The molecule has 2 atom stereocenters. The van der Waals surface area contributed by atoms with Crippen molar-refractivity contribution in [1.29, 1.82) is 0 Å². The second kappa shape index (κ2) is 4.90. The van der Waals surface area contributed by atoms with Gasteiger partial charge in [0, 0.05) is 24.8 Å². The molecule has 2 rings (SSSR count). The fraction of sp³-hybridized carbons (Fsp3) is 0.692. The van der Waals surface area contributed by atoms with E-state index in [1.165, 1.54) is 25.7 Å². The van der Waals surface area contributed by atoms with Gasteiger partial charge in [0.1, 0.15) is 5.82 Å². The van der Waals surface area contributed by atoms with Crippen LogP contribution in [0.3, 0.4) is 0 Å². The van der Waals surface area contributed by atoms with E-state index in [2.05, 4.69) is 28.8 Å². The van der Waals surface area contributed by atoms with Gasteiger partial charge in [0.05, 0.1) is 0 Å². The van der Waals surface area contributed by atoms with Gasteiger partial charge in [-0.3, -0.25) is 0 Å². The van der Waals surface area contributed by atoms with Crippen LogP contribution in [-0.2, 0) is 0 Å². The highest BCUT2D eigenvalue weighted by molar-refractivity contribution is 5.43. The quantitative estimate of drug-likeness (QED) is 0.853. The zero-order valence-electron chi connectivity index (χ0n) is 11.0. The first-order valence-corrected chi connectivity index (χ1v) is 6.42. The van der Waals surface area contributed by atoms with Crippen molar-refractivity contribution in [2.45, 2.75) is 45.6 Å². The fourth-order valence-corrected chi connectivity index (χ4v) is 2.80. The van der Waals surface area contributed by atoms with Crippen molar-refractivity contribution in [2.75, 3.05) is 17.7 Å². The molecule has 1 aliphatic carbocycles. The lowest BCUT2D eigenvalue weighted by atomic mass is 9.85. The van der Waals surface area contributed by atoms with Gasteiger partial charge in [-0.1, -0.05) is 19.8 Å². The van der Waals surface area contributed by atoms with Crippen molar-refractivity contribution in [3.63, 3.8) is 0 Å². The Morgan fingerprint density at radius 3 is 2.65 bits per heavy atom. The van der Waals surface area contributed by atoms with Gasteiger partial charge in [0.2, 0.25) is 5.95 Å². The standard InChI is InChI=1S/C13H22N4/c1-9-6-4-5-7-11(9)17(3)12-8-10(2)15-13(14)16-12/h8-9,11H,4-7H2,1-3H3,(H2,14,15,16). The summed E-state index contributed by atoms with van der Waals surface area (Å²) >= 11 is 0. The summed E-state index contributed by atoms with van der Waals surface area (Å²) in [6.45, 7) is 4.29. The molecule has 1 aromatic rings. The summed E-state index contributed by atoms with van der Waals surface area (Å²) in [6, 6.07) is 2.59. The Bertz CT molecular complexity index is 371. The normalized spacial score (nSPS) is 24.6. The number of rotatable bonds is 2. The van der Waals surface area contributed by atoms with E-state index < -0.39 is 0 Å². The Hall–Kier alpha value is -1.32. The van der Waals surface area contributed by atoms with Crippen molar-refractivity contribution in [2.24, 2.45) is 5.92 Å². The monoisotopic (exact) mass is 234 g/mol. The second-order valence-electron chi connectivity index (χ2n) is 5.17. The third-order valence-corrected chi connectivity index (χ3v) is 3.78. The maximum absolute atomic E-state index is 5.71. The van der Waals surface area contributed by atoms with Crippen LogP contribution in [0, 0.1) is 12.8 Å². The molecule has 0 aliphatic heterocycles. The smallest absolute Gasteiger partial charge is 0.222 e. The maximum Gasteiger partial charge on any atom is 0.222 e. The molecule has 1 fully saturated rings. The maximum atomic E-state index is 5.71. The Labute approximate surface area is 103 Å². The fourth-order valence-electron chi connectivity index (χ4n) is 2.80. The molecule has 1 saturated carbocycles. The molecule has 94 valence electrons. The summed E-state index contributed by atoms with van der Waals surface area (Å²) in [4.78, 5) is 10.7. The summed E-state index contributed by atoms with van der Waals surface area (Å²) < 4.78 is 0. The Morgan fingerprint density at radius 1 is 1.29 bits per heavy atom. The predicted octanol–water partition coefficient (Wildman–Crippen LogP) is 2.38. The van der Waals surface area contributed by atoms with E-state index in [0.29, 0.717) is 12.0 Å². The molecule has 2 N–H and O–H groups in total. The first-order chi connectivity index (χ1) is 8.08. The van der Waals surface area contributed by atoms with Crippen molar-refractivity contribution in [1.82, 2.24) is 9.97 Å². The molecule has 1 aliphatic rings. The highest BCUT2D eigenvalue weighted by atomic mass is 15.2. The highest BCUT2D eigenvalue weighted by Gasteiger charge is 2.25. The number of nitrogen functional groups attached to an aromatic ring is 1. The molecule has 0 saturated heterocycles. The lowest BCUT2D eigenvalue weighted by Crippen LogP contribution is -2.39. The number of anilines is 2. The topological polar surface area (TPSA) is 55.0 Å². The summed E-state index contributed by atoms with van der Waals surface area (Å²) in [5.74, 6) is 2.05. The molecule has 0 aromatic carbocycles. The van der Waals surface area contributed by atoms with Crippen LogP contribution in [0.2, 0.25) is 0 Å². The van der Waals surface area contributed by atoms with Crippen LogP contribution in [-0.4, -0.2) is 23.1 Å². The van der Waals surface area contributed by atoms with Crippen LogP contribution in [0.15, 0.2) is 6.07 Å². The Balaban J connectivity index is 2.20. The van der Waals surface area contributed by atoms with E-state index in [1.807, 2.05) is 13.0 Å². The largest absolute Gasteiger partial charge is 0.368 e. The van der Waals surface area contributed by atoms with Crippen molar-refractivity contribution < 1.29 is 0 Å². The molecule has 2 unspecified atom stereocenters. The van der Waals surface area contributed by atoms with Crippen LogP contribution in [0.25, 0.3) is 0 Å². The molecule has 0 amide bonds. The molecule has 4 nitrogen and oxygen atoms in total. The Kier molecular flexibility index (Phi) is 3.50. The first kappa shape index (κ1) is 12.1. The number of nitrogens with two attached hydrogens (primary N) is 1. The number of hydrogen-bond donors (Lipinski definition) is 1. The van der Waals surface area contributed by atoms with Gasteiger partial charge < -0.3 is 10.6 Å². The van der Waals surface area contributed by atoms with Gasteiger partial charge in [-0.15, -0.1) is 0 Å². The molecule has 4 heteroatoms. The van der Waals surface area contributed by atoms with Crippen molar-refractivity contribution in [3.8, 4) is 0 Å². The van der Waals surface area contributed by atoms with Crippen LogP contribution < -0.4 is 10.6 Å². The van der Waals surface area contributed by atoms with E-state index in [-0.39, 0.29) is 0 Å². The summed E-state index contributed by atoms with van der Waals surface area (Å²) in [7, 11) is 2.12. The van der Waals surface area contributed by atoms with Gasteiger partial charge in [0.15, 0.2) is 0 Å². The average Bonchev–Trinajstić information content (AvgIpc) is 2.27. The van der Waals surface area contributed by atoms with Gasteiger partial charge in [-0.25, -0.2) is 4.98 Å². The van der Waals surface area contributed by atoms with Crippen LogP contribution >= 0.6 is 0 Å². The lowest BCUT2D eigenvalue weighted by Gasteiger charge is -2.37. The molecule has 1 aromatic heterocycles. The number of aryl methyl sites for hydroxylation is 1. The zero-order valence-corrected chi connectivity index (χ0v) is 11.0. The van der Waals surface area contributed by atoms with E-state index >= 15 is 0 Å². The Morgan fingerprint density at radius 2 is 2.00 bits per heavy atom. The van der Waals surface area contributed by atoms with Gasteiger partial charge in [0.25, 0.3) is 0 Å². The van der Waals surface area contributed by atoms with Crippen LogP contribution in [0.1, 0.15) is 38.3 Å². The van der Waals surface area contributed by atoms with E-state index in [4.69, 9.17) is 5.73 Å². The minimum absolute atomic E-state index is 0.371.